The summed E-state index contributed by atoms with van der Waals surface area (Å²) in [5, 5.41) is 0. The Balaban J connectivity index is -0.0000000287. The van der Waals surface area contributed by atoms with Crippen molar-refractivity contribution in [2.45, 2.75) is 41.5 Å². The number of rotatable bonds is 2. The van der Waals surface area contributed by atoms with Gasteiger partial charge in [0.1, 0.15) is 0 Å². The third-order valence-electron chi connectivity index (χ3n) is 0.383. The second-order valence-corrected chi connectivity index (χ2v) is 0.856. The molecule has 0 bridgehead atoms. The summed E-state index contributed by atoms with van der Waals surface area (Å²) in [5.41, 5.74) is 0. The first-order valence-corrected chi connectivity index (χ1v) is 5.32. The lowest BCUT2D eigenvalue weighted by molar-refractivity contribution is 1.50. The van der Waals surface area contributed by atoms with Gasteiger partial charge in [-0.3, -0.25) is 0 Å². The predicted molar refractivity (Wildman–Crippen MR) is 74.8 cm³/mol. The minimum Gasteiger partial charge on any atom is -0.106 e. The Hall–Kier alpha value is -1.04. The van der Waals surface area contributed by atoms with E-state index in [1.807, 2.05) is 53.7 Å². The molecule has 0 atom stereocenters. The molecular formula is C14H30. The minimum absolute atomic E-state index is 1.71. The van der Waals surface area contributed by atoms with Gasteiger partial charge in [-0.25, -0.2) is 0 Å². The number of hydrogen-bond donors (Lipinski definition) is 0. The summed E-state index contributed by atoms with van der Waals surface area (Å²) in [7, 11) is 0. The van der Waals surface area contributed by atoms with Gasteiger partial charge in [-0.05, 0) is 0 Å². The van der Waals surface area contributed by atoms with E-state index in [1.165, 1.54) is 0 Å². The van der Waals surface area contributed by atoms with E-state index < -0.39 is 0 Å². The molecular weight excluding hydrogens is 168 g/mol. The second-order valence-electron chi connectivity index (χ2n) is 0.856. The van der Waals surface area contributed by atoms with Gasteiger partial charge in [-0.2, -0.15) is 0 Å². The van der Waals surface area contributed by atoms with Gasteiger partial charge in [0.05, 0.1) is 0 Å². The average Bonchev–Trinajstić information content (AvgIpc) is 2.36. The standard InChI is InChI=1S/C6H8.3C2H6.C2H4/c1-3-5-6-4-2;4*1-2/h3-6H,1-2H2;3*1-2H3;1-2H2/b6-5+;;;;. The lowest BCUT2D eigenvalue weighted by atomic mass is 10.5. The van der Waals surface area contributed by atoms with E-state index in [1.54, 1.807) is 12.2 Å². The van der Waals surface area contributed by atoms with E-state index in [9.17, 15) is 0 Å². The zero-order chi connectivity index (χ0) is 12.8. The molecule has 0 rings (SSSR count). The summed E-state index contributed by atoms with van der Waals surface area (Å²) >= 11 is 0. The molecule has 0 aliphatic rings. The van der Waals surface area contributed by atoms with Crippen molar-refractivity contribution >= 4 is 0 Å². The molecule has 0 aliphatic carbocycles. The molecule has 0 heterocycles. The SMILES string of the molecule is C=C.C=C/C=C/C=C.CC.CC.CC. The molecule has 0 heteroatoms. The van der Waals surface area contributed by atoms with Crippen LogP contribution in [-0.4, -0.2) is 0 Å². The van der Waals surface area contributed by atoms with Crippen molar-refractivity contribution < 1.29 is 0 Å². The fraction of sp³-hybridized carbons (Fsp3) is 0.429. The van der Waals surface area contributed by atoms with Gasteiger partial charge in [0.25, 0.3) is 0 Å². The van der Waals surface area contributed by atoms with E-state index in [-0.39, 0.29) is 0 Å². The molecule has 0 unspecified atom stereocenters. The molecule has 86 valence electrons. The zero-order valence-electron chi connectivity index (χ0n) is 11.1. The van der Waals surface area contributed by atoms with Crippen molar-refractivity contribution in [3.05, 3.63) is 50.6 Å². The van der Waals surface area contributed by atoms with E-state index >= 15 is 0 Å². The smallest absolute Gasteiger partial charge is 0.0629 e. The summed E-state index contributed by atoms with van der Waals surface area (Å²) < 4.78 is 0. The molecule has 0 aromatic heterocycles. The predicted octanol–water partition coefficient (Wildman–Crippen LogP) is 5.80. The highest BCUT2D eigenvalue weighted by atomic mass is 13.5. The first-order chi connectivity index (χ1) is 6.91. The van der Waals surface area contributed by atoms with Crippen molar-refractivity contribution in [3.63, 3.8) is 0 Å². The fourth-order valence-electron chi connectivity index (χ4n) is 0.157. The van der Waals surface area contributed by atoms with Gasteiger partial charge in [0.15, 0.2) is 0 Å². The largest absolute Gasteiger partial charge is 0.106 e. The number of allylic oxidation sites excluding steroid dienone is 4. The summed E-state index contributed by atoms with van der Waals surface area (Å²) in [6, 6.07) is 0. The lowest BCUT2D eigenvalue weighted by Gasteiger charge is -1.60. The van der Waals surface area contributed by atoms with Gasteiger partial charge >= 0.3 is 0 Å². The van der Waals surface area contributed by atoms with Gasteiger partial charge in [0, 0.05) is 0 Å². The third kappa shape index (κ3) is 283. The first kappa shape index (κ1) is 29.3. The van der Waals surface area contributed by atoms with Crippen molar-refractivity contribution in [2.75, 3.05) is 0 Å². The number of hydrogen-bond acceptors (Lipinski definition) is 0. The molecule has 0 fully saturated rings. The Kier molecular flexibility index (Phi) is 343. The topological polar surface area (TPSA) is 0 Å². The van der Waals surface area contributed by atoms with Crippen LogP contribution in [0.15, 0.2) is 50.6 Å². The Morgan fingerprint density at radius 1 is 0.571 bits per heavy atom. The summed E-state index contributed by atoms with van der Waals surface area (Å²) in [6.45, 7) is 24.9. The quantitative estimate of drug-likeness (QED) is 0.389. The van der Waals surface area contributed by atoms with Crippen LogP contribution in [0.1, 0.15) is 41.5 Å². The van der Waals surface area contributed by atoms with Gasteiger partial charge in [-0.15, -0.1) is 13.2 Å². The molecule has 14 heavy (non-hydrogen) atoms. The normalized spacial score (nSPS) is 5.29. The maximum absolute atomic E-state index is 3.46. The van der Waals surface area contributed by atoms with Crippen LogP contribution in [0.2, 0.25) is 0 Å². The van der Waals surface area contributed by atoms with Crippen LogP contribution < -0.4 is 0 Å². The van der Waals surface area contributed by atoms with Crippen LogP contribution in [0.25, 0.3) is 0 Å². The monoisotopic (exact) mass is 198 g/mol. The summed E-state index contributed by atoms with van der Waals surface area (Å²) in [5.74, 6) is 0. The van der Waals surface area contributed by atoms with Crippen LogP contribution in [-0.2, 0) is 0 Å². The van der Waals surface area contributed by atoms with E-state index in [0.29, 0.717) is 0 Å². The summed E-state index contributed by atoms with van der Waals surface area (Å²) in [4.78, 5) is 0. The highest BCUT2D eigenvalue weighted by Crippen LogP contribution is 1.69. The van der Waals surface area contributed by atoms with Crippen molar-refractivity contribution in [3.8, 4) is 0 Å². The Labute approximate surface area is 92.7 Å². The van der Waals surface area contributed by atoms with E-state index in [4.69, 9.17) is 0 Å². The van der Waals surface area contributed by atoms with Crippen LogP contribution >= 0.6 is 0 Å². The fourth-order valence-corrected chi connectivity index (χ4v) is 0.157. The average molecular weight is 198 g/mol. The Bertz CT molecular complexity index is 68.0. The van der Waals surface area contributed by atoms with Crippen LogP contribution in [0.3, 0.4) is 0 Å². The molecule has 0 saturated heterocycles. The third-order valence-corrected chi connectivity index (χ3v) is 0.383. The Morgan fingerprint density at radius 3 is 0.786 bits per heavy atom. The molecule has 0 aromatic carbocycles. The van der Waals surface area contributed by atoms with Crippen LogP contribution in [0.5, 0.6) is 0 Å². The molecule has 0 spiro atoms. The molecule has 0 aromatic rings. The van der Waals surface area contributed by atoms with E-state index in [0.717, 1.165) is 0 Å². The highest BCUT2D eigenvalue weighted by molar-refractivity contribution is 5.05. The van der Waals surface area contributed by atoms with Crippen LogP contribution in [0, 0.1) is 0 Å². The maximum Gasteiger partial charge on any atom is -0.0629 e. The van der Waals surface area contributed by atoms with Crippen molar-refractivity contribution in [1.29, 1.82) is 0 Å². The molecule has 0 N–H and O–H groups in total. The summed E-state index contributed by atoms with van der Waals surface area (Å²) in [6.07, 6.45) is 7.07. The zero-order valence-corrected chi connectivity index (χ0v) is 11.1. The van der Waals surface area contributed by atoms with E-state index in [2.05, 4.69) is 26.3 Å². The van der Waals surface area contributed by atoms with Crippen molar-refractivity contribution in [2.24, 2.45) is 0 Å². The molecule has 0 amide bonds. The van der Waals surface area contributed by atoms with Gasteiger partial charge < -0.3 is 0 Å². The highest BCUT2D eigenvalue weighted by Gasteiger charge is 1.47. The molecule has 0 saturated carbocycles. The van der Waals surface area contributed by atoms with Crippen molar-refractivity contribution in [1.82, 2.24) is 0 Å². The minimum atomic E-state index is 1.71. The Morgan fingerprint density at radius 2 is 0.714 bits per heavy atom. The first-order valence-electron chi connectivity index (χ1n) is 5.32. The lowest BCUT2D eigenvalue weighted by Crippen LogP contribution is -1.38. The van der Waals surface area contributed by atoms with Crippen LogP contribution in [0.4, 0.5) is 0 Å². The van der Waals surface area contributed by atoms with Gasteiger partial charge in [-0.1, -0.05) is 79.0 Å². The molecule has 0 nitrogen and oxygen atoms in total. The molecule has 0 aliphatic heterocycles. The maximum atomic E-state index is 3.46. The van der Waals surface area contributed by atoms with Gasteiger partial charge in [0.2, 0.25) is 0 Å². The molecule has 0 radical (unpaired) electrons. The second kappa shape index (κ2) is 164.